The van der Waals surface area contributed by atoms with E-state index in [4.69, 9.17) is 0 Å². The fourth-order valence-corrected chi connectivity index (χ4v) is 5.96. The zero-order valence-corrected chi connectivity index (χ0v) is 18.5. The molecule has 0 radical (unpaired) electrons. The van der Waals surface area contributed by atoms with Crippen LogP contribution in [0.5, 0.6) is 0 Å². The van der Waals surface area contributed by atoms with Gasteiger partial charge in [0.15, 0.2) is 0 Å². The van der Waals surface area contributed by atoms with Gasteiger partial charge in [-0.15, -0.1) is 0 Å². The topological polar surface area (TPSA) is 66.5 Å². The van der Waals surface area contributed by atoms with E-state index in [0.717, 1.165) is 24.0 Å². The van der Waals surface area contributed by atoms with Crippen molar-refractivity contribution in [1.29, 1.82) is 0 Å². The van der Waals surface area contributed by atoms with Gasteiger partial charge in [0, 0.05) is 19.0 Å². The first-order chi connectivity index (χ1) is 14.3. The molecule has 1 amide bonds. The van der Waals surface area contributed by atoms with Gasteiger partial charge in [-0.2, -0.15) is 4.31 Å². The van der Waals surface area contributed by atoms with Crippen LogP contribution in [0.4, 0.5) is 0 Å². The molecule has 1 heterocycles. The Labute approximate surface area is 179 Å². The fourth-order valence-electron chi connectivity index (χ4n) is 4.49. The molecule has 1 fully saturated rings. The third-order valence-corrected chi connectivity index (χ3v) is 8.38. The molecule has 160 valence electrons. The Kier molecular flexibility index (Phi) is 5.98. The molecule has 30 heavy (non-hydrogen) atoms. The van der Waals surface area contributed by atoms with Crippen molar-refractivity contribution < 1.29 is 13.2 Å². The van der Waals surface area contributed by atoms with Gasteiger partial charge < -0.3 is 5.32 Å². The van der Waals surface area contributed by atoms with E-state index in [2.05, 4.69) is 23.5 Å². The maximum absolute atomic E-state index is 12.9. The lowest BCUT2D eigenvalue weighted by atomic mass is 9.96. The zero-order chi connectivity index (χ0) is 21.3. The van der Waals surface area contributed by atoms with Crippen molar-refractivity contribution in [1.82, 2.24) is 9.62 Å². The van der Waals surface area contributed by atoms with E-state index in [1.165, 1.54) is 21.9 Å². The number of benzene rings is 2. The van der Waals surface area contributed by atoms with Crippen molar-refractivity contribution in [3.05, 3.63) is 64.7 Å². The number of nitrogens with one attached hydrogen (secondary N) is 1. The van der Waals surface area contributed by atoms with E-state index in [0.29, 0.717) is 30.8 Å². The van der Waals surface area contributed by atoms with E-state index in [1.807, 2.05) is 26.0 Å². The molecule has 2 aromatic rings. The average molecular weight is 427 g/mol. The molecule has 1 atom stereocenters. The highest BCUT2D eigenvalue weighted by Crippen LogP contribution is 2.27. The first-order valence-corrected chi connectivity index (χ1v) is 12.3. The number of hydrogen-bond donors (Lipinski definition) is 1. The molecule has 5 nitrogen and oxygen atoms in total. The molecular weight excluding hydrogens is 396 g/mol. The summed E-state index contributed by atoms with van der Waals surface area (Å²) in [5, 5.41) is 3.14. The van der Waals surface area contributed by atoms with Crippen molar-refractivity contribution >= 4 is 15.9 Å². The normalized spacial score (nSPS) is 18.7. The fraction of sp³-hybridized carbons (Fsp3) is 0.458. The van der Waals surface area contributed by atoms with Gasteiger partial charge in [0.1, 0.15) is 0 Å². The smallest absolute Gasteiger partial charge is 0.243 e. The summed E-state index contributed by atoms with van der Waals surface area (Å²) in [6, 6.07) is 13.4. The van der Waals surface area contributed by atoms with Crippen LogP contribution in [-0.4, -0.2) is 31.7 Å². The Bertz CT molecular complexity index is 1020. The van der Waals surface area contributed by atoms with E-state index in [-0.39, 0.29) is 17.9 Å². The van der Waals surface area contributed by atoms with Gasteiger partial charge in [-0.3, -0.25) is 4.79 Å². The van der Waals surface area contributed by atoms with E-state index in [1.54, 1.807) is 12.1 Å². The first kappa shape index (κ1) is 21.1. The highest BCUT2D eigenvalue weighted by Gasteiger charge is 2.32. The predicted molar refractivity (Wildman–Crippen MR) is 118 cm³/mol. The summed E-state index contributed by atoms with van der Waals surface area (Å²) in [4.78, 5) is 13.1. The third-order valence-electron chi connectivity index (χ3n) is 6.46. The maximum Gasteiger partial charge on any atom is 0.243 e. The predicted octanol–water partition coefficient (Wildman–Crippen LogP) is 3.76. The third kappa shape index (κ3) is 4.30. The molecule has 4 rings (SSSR count). The minimum Gasteiger partial charge on any atom is -0.349 e. The van der Waals surface area contributed by atoms with E-state index in [9.17, 15) is 13.2 Å². The number of hydrogen-bond acceptors (Lipinski definition) is 3. The average Bonchev–Trinajstić information content (AvgIpc) is 3.22. The molecule has 1 saturated heterocycles. The van der Waals surface area contributed by atoms with Crippen LogP contribution in [0.1, 0.15) is 54.5 Å². The Balaban J connectivity index is 1.34. The van der Waals surface area contributed by atoms with Crippen molar-refractivity contribution in [2.24, 2.45) is 5.92 Å². The van der Waals surface area contributed by atoms with Crippen molar-refractivity contribution in [2.75, 3.05) is 13.1 Å². The number of fused-ring (bicyclic) bond motifs is 1. The molecular formula is C24H30N2O3S. The number of piperidine rings is 1. The van der Waals surface area contributed by atoms with Crippen LogP contribution in [0.25, 0.3) is 0 Å². The summed E-state index contributed by atoms with van der Waals surface area (Å²) < 4.78 is 27.2. The molecule has 0 spiro atoms. The molecule has 0 aromatic heterocycles. The summed E-state index contributed by atoms with van der Waals surface area (Å²) in [7, 11) is -3.50. The molecule has 2 aromatic carbocycles. The highest BCUT2D eigenvalue weighted by atomic mass is 32.2. The number of aryl methyl sites for hydroxylation is 3. The van der Waals surface area contributed by atoms with Crippen LogP contribution in [-0.2, 0) is 27.7 Å². The molecule has 0 bridgehead atoms. The second kappa shape index (κ2) is 8.52. The molecule has 1 aliphatic heterocycles. The summed E-state index contributed by atoms with van der Waals surface area (Å²) in [5.74, 6) is -0.123. The number of carbonyl (C=O) groups excluding carboxylic acids is 1. The Morgan fingerprint density at radius 2 is 1.70 bits per heavy atom. The highest BCUT2D eigenvalue weighted by molar-refractivity contribution is 7.89. The van der Waals surface area contributed by atoms with Crippen LogP contribution in [0.3, 0.4) is 0 Å². The summed E-state index contributed by atoms with van der Waals surface area (Å²) in [6.07, 6.45) is 4.59. The Morgan fingerprint density at radius 3 is 2.40 bits per heavy atom. The van der Waals surface area contributed by atoms with Gasteiger partial charge in [-0.1, -0.05) is 35.9 Å². The van der Waals surface area contributed by atoms with E-state index >= 15 is 0 Å². The summed E-state index contributed by atoms with van der Waals surface area (Å²) in [5.41, 5.74) is 5.01. The van der Waals surface area contributed by atoms with Crippen LogP contribution in [0, 0.1) is 12.8 Å². The van der Waals surface area contributed by atoms with Crippen molar-refractivity contribution in [2.45, 2.75) is 56.9 Å². The number of amides is 1. The Morgan fingerprint density at radius 1 is 1.03 bits per heavy atom. The minimum absolute atomic E-state index is 0.0235. The lowest BCUT2D eigenvalue weighted by Gasteiger charge is -2.31. The summed E-state index contributed by atoms with van der Waals surface area (Å²) >= 11 is 0. The summed E-state index contributed by atoms with van der Waals surface area (Å²) in [6.45, 7) is 4.71. The standard InChI is InChI=1S/C24H30N2O3S/c1-17-6-10-23(11-7-17)30(28,29)26-14-12-20(13-15-26)24(27)25-18(2)21-9-8-19-4-3-5-22(19)16-21/h6-11,16,18,20H,3-5,12-15H2,1-2H3,(H,25,27)/t18-/m1/s1. The monoisotopic (exact) mass is 426 g/mol. The van der Waals surface area contributed by atoms with Gasteiger partial charge in [-0.25, -0.2) is 8.42 Å². The molecule has 0 saturated carbocycles. The number of carbonyl (C=O) groups is 1. The minimum atomic E-state index is -3.50. The lowest BCUT2D eigenvalue weighted by Crippen LogP contribution is -2.43. The largest absolute Gasteiger partial charge is 0.349 e. The van der Waals surface area contributed by atoms with Gasteiger partial charge in [0.05, 0.1) is 10.9 Å². The molecule has 1 N–H and O–H groups in total. The molecule has 1 aliphatic carbocycles. The lowest BCUT2D eigenvalue weighted by molar-refractivity contribution is -0.126. The maximum atomic E-state index is 12.9. The number of nitrogens with zero attached hydrogens (tertiary/aromatic N) is 1. The SMILES string of the molecule is Cc1ccc(S(=O)(=O)N2CCC(C(=O)N[C@H](C)c3ccc4c(c3)CCC4)CC2)cc1. The van der Waals surface area contributed by atoms with Crippen LogP contribution < -0.4 is 5.32 Å². The van der Waals surface area contributed by atoms with Crippen LogP contribution in [0.15, 0.2) is 47.4 Å². The first-order valence-electron chi connectivity index (χ1n) is 10.8. The molecule has 2 aliphatic rings. The number of sulfonamides is 1. The van der Waals surface area contributed by atoms with Crippen molar-refractivity contribution in [3.8, 4) is 0 Å². The second-order valence-corrected chi connectivity index (χ2v) is 10.5. The van der Waals surface area contributed by atoms with Gasteiger partial charge in [-0.05, 0) is 74.8 Å². The van der Waals surface area contributed by atoms with Crippen molar-refractivity contribution in [3.63, 3.8) is 0 Å². The molecule has 6 heteroatoms. The Hall–Kier alpha value is -2.18. The van der Waals surface area contributed by atoms with Gasteiger partial charge >= 0.3 is 0 Å². The zero-order valence-electron chi connectivity index (χ0n) is 17.7. The van der Waals surface area contributed by atoms with Crippen LogP contribution >= 0.6 is 0 Å². The van der Waals surface area contributed by atoms with Gasteiger partial charge in [0.25, 0.3) is 0 Å². The van der Waals surface area contributed by atoms with Crippen LogP contribution in [0.2, 0.25) is 0 Å². The number of rotatable bonds is 5. The molecule has 0 unspecified atom stereocenters. The quantitative estimate of drug-likeness (QED) is 0.792. The van der Waals surface area contributed by atoms with Gasteiger partial charge in [0.2, 0.25) is 15.9 Å². The second-order valence-electron chi connectivity index (χ2n) is 8.60. The van der Waals surface area contributed by atoms with E-state index < -0.39 is 10.0 Å².